The summed E-state index contributed by atoms with van der Waals surface area (Å²) in [6, 6.07) is 5.07. The first kappa shape index (κ1) is 31.0. The van der Waals surface area contributed by atoms with Crippen LogP contribution in [0.25, 0.3) is 0 Å². The highest BCUT2D eigenvalue weighted by Crippen LogP contribution is 2.34. The Bertz CT molecular complexity index is 862. The molecular weight excluding hydrogens is 475 g/mol. The molecule has 37 heavy (non-hydrogen) atoms. The summed E-state index contributed by atoms with van der Waals surface area (Å²) in [4.78, 5) is 24.0. The number of aryl methyl sites for hydroxylation is 1. The molecule has 6 nitrogen and oxygen atoms in total. The molecule has 1 aromatic carbocycles. The SMILES string of the molecule is C=C(CO)C(=O)OCC(COC(=O)C(C)CO)c1ccc(CCC2CCC(CCCCC)CC2)cc1F. The van der Waals surface area contributed by atoms with Crippen LogP contribution in [-0.2, 0) is 25.5 Å². The zero-order valence-electron chi connectivity index (χ0n) is 22.6. The lowest BCUT2D eigenvalue weighted by Gasteiger charge is -2.28. The van der Waals surface area contributed by atoms with Gasteiger partial charge in [-0.15, -0.1) is 0 Å². The van der Waals surface area contributed by atoms with Crippen LogP contribution < -0.4 is 0 Å². The lowest BCUT2D eigenvalue weighted by molar-refractivity contribution is -0.150. The zero-order valence-corrected chi connectivity index (χ0v) is 22.6. The number of ether oxygens (including phenoxy) is 2. The highest BCUT2D eigenvalue weighted by Gasteiger charge is 2.24. The van der Waals surface area contributed by atoms with E-state index in [0.717, 1.165) is 24.3 Å². The van der Waals surface area contributed by atoms with E-state index >= 15 is 4.39 Å². The molecule has 0 saturated heterocycles. The summed E-state index contributed by atoms with van der Waals surface area (Å²) in [5.41, 5.74) is 1.08. The minimum absolute atomic E-state index is 0.115. The summed E-state index contributed by atoms with van der Waals surface area (Å²) in [6.07, 6.45) is 12.2. The number of unbranched alkanes of at least 4 members (excludes halogenated alkanes) is 2. The van der Waals surface area contributed by atoms with E-state index in [1.165, 1.54) is 64.4 Å². The molecule has 0 heterocycles. The van der Waals surface area contributed by atoms with Gasteiger partial charge in [0.15, 0.2) is 0 Å². The van der Waals surface area contributed by atoms with Gasteiger partial charge in [0.2, 0.25) is 0 Å². The third-order valence-corrected chi connectivity index (χ3v) is 7.53. The molecule has 0 spiro atoms. The van der Waals surface area contributed by atoms with Crippen molar-refractivity contribution in [2.75, 3.05) is 26.4 Å². The number of aliphatic hydroxyl groups is 2. The van der Waals surface area contributed by atoms with Crippen LogP contribution >= 0.6 is 0 Å². The molecule has 7 heteroatoms. The van der Waals surface area contributed by atoms with Crippen LogP contribution in [0.15, 0.2) is 30.4 Å². The molecule has 1 fully saturated rings. The molecule has 2 unspecified atom stereocenters. The van der Waals surface area contributed by atoms with Crippen LogP contribution in [0.3, 0.4) is 0 Å². The van der Waals surface area contributed by atoms with Crippen molar-refractivity contribution in [1.29, 1.82) is 0 Å². The number of hydrogen-bond donors (Lipinski definition) is 2. The molecule has 1 aromatic rings. The van der Waals surface area contributed by atoms with Crippen molar-refractivity contribution in [3.05, 3.63) is 47.3 Å². The van der Waals surface area contributed by atoms with E-state index in [1.54, 1.807) is 6.07 Å². The van der Waals surface area contributed by atoms with Gasteiger partial charge in [0.05, 0.1) is 30.6 Å². The Labute approximate surface area is 221 Å². The lowest BCUT2D eigenvalue weighted by Crippen LogP contribution is -2.24. The van der Waals surface area contributed by atoms with Crippen molar-refractivity contribution in [2.24, 2.45) is 17.8 Å². The number of hydrogen-bond acceptors (Lipinski definition) is 6. The summed E-state index contributed by atoms with van der Waals surface area (Å²) < 4.78 is 25.6. The maximum absolute atomic E-state index is 15.2. The summed E-state index contributed by atoms with van der Waals surface area (Å²) in [6.45, 7) is 5.84. The van der Waals surface area contributed by atoms with Gasteiger partial charge in [0.1, 0.15) is 19.0 Å². The number of benzene rings is 1. The van der Waals surface area contributed by atoms with Crippen LogP contribution in [0.1, 0.15) is 88.7 Å². The molecule has 1 saturated carbocycles. The Hall–Kier alpha value is -2.25. The van der Waals surface area contributed by atoms with Crippen LogP contribution in [0.5, 0.6) is 0 Å². The molecule has 1 aliphatic rings. The van der Waals surface area contributed by atoms with E-state index in [9.17, 15) is 9.59 Å². The van der Waals surface area contributed by atoms with Gasteiger partial charge in [-0.2, -0.15) is 0 Å². The van der Waals surface area contributed by atoms with Crippen molar-refractivity contribution in [3.63, 3.8) is 0 Å². The fourth-order valence-corrected chi connectivity index (χ4v) is 4.89. The molecule has 1 aliphatic carbocycles. The van der Waals surface area contributed by atoms with Crippen molar-refractivity contribution < 1.29 is 33.7 Å². The van der Waals surface area contributed by atoms with E-state index in [0.29, 0.717) is 5.92 Å². The monoisotopic (exact) mass is 520 g/mol. The minimum Gasteiger partial charge on any atom is -0.465 e. The topological polar surface area (TPSA) is 93.1 Å². The van der Waals surface area contributed by atoms with Gasteiger partial charge in [-0.3, -0.25) is 4.79 Å². The second kappa shape index (κ2) is 16.6. The van der Waals surface area contributed by atoms with Crippen LogP contribution in [-0.4, -0.2) is 48.6 Å². The number of esters is 2. The third kappa shape index (κ3) is 10.6. The smallest absolute Gasteiger partial charge is 0.335 e. The van der Waals surface area contributed by atoms with E-state index in [4.69, 9.17) is 19.7 Å². The molecule has 0 aliphatic heterocycles. The van der Waals surface area contributed by atoms with Gasteiger partial charge in [-0.25, -0.2) is 9.18 Å². The quantitative estimate of drug-likeness (QED) is 0.170. The largest absolute Gasteiger partial charge is 0.465 e. The van der Waals surface area contributed by atoms with Crippen molar-refractivity contribution in [3.8, 4) is 0 Å². The van der Waals surface area contributed by atoms with Crippen LogP contribution in [0.4, 0.5) is 4.39 Å². The molecular formula is C30H45FO6. The zero-order chi connectivity index (χ0) is 27.2. The van der Waals surface area contributed by atoms with Gasteiger partial charge in [-0.1, -0.05) is 77.0 Å². The van der Waals surface area contributed by atoms with Crippen LogP contribution in [0.2, 0.25) is 0 Å². The maximum Gasteiger partial charge on any atom is 0.335 e. The number of aliphatic hydroxyl groups excluding tert-OH is 2. The average molecular weight is 521 g/mol. The second-order valence-corrected chi connectivity index (χ2v) is 10.5. The highest BCUT2D eigenvalue weighted by molar-refractivity contribution is 5.87. The van der Waals surface area contributed by atoms with E-state index in [2.05, 4.69) is 13.5 Å². The molecule has 208 valence electrons. The molecule has 0 bridgehead atoms. The van der Waals surface area contributed by atoms with Gasteiger partial charge in [-0.05, 0) is 48.8 Å². The summed E-state index contributed by atoms with van der Waals surface area (Å²) in [5.74, 6) is -1.74. The first-order valence-electron chi connectivity index (χ1n) is 13.8. The third-order valence-electron chi connectivity index (χ3n) is 7.53. The average Bonchev–Trinajstić information content (AvgIpc) is 2.91. The van der Waals surface area contributed by atoms with E-state index < -0.39 is 36.2 Å². The number of halogens is 1. The molecule has 0 aromatic heterocycles. The molecule has 2 N–H and O–H groups in total. The van der Waals surface area contributed by atoms with E-state index in [1.807, 2.05) is 6.07 Å². The van der Waals surface area contributed by atoms with Gasteiger partial charge >= 0.3 is 11.9 Å². The van der Waals surface area contributed by atoms with E-state index in [-0.39, 0.29) is 31.0 Å². The van der Waals surface area contributed by atoms with Gasteiger partial charge in [0, 0.05) is 0 Å². The van der Waals surface area contributed by atoms with Crippen LogP contribution in [0, 0.1) is 23.6 Å². The summed E-state index contributed by atoms with van der Waals surface area (Å²) in [7, 11) is 0. The standard InChI is InChI=1S/C30H45FO6/c1-4-5-6-7-23-8-10-24(11-9-23)12-13-25-14-15-27(28(31)16-25)26(19-36-29(34)21(2)17-32)20-37-30(35)22(3)18-33/h14-16,22-24,26,32-33H,2,4-13,17-20H2,1,3H3. The summed E-state index contributed by atoms with van der Waals surface area (Å²) in [5, 5.41) is 18.2. The van der Waals surface area contributed by atoms with Crippen molar-refractivity contribution in [2.45, 2.75) is 84.0 Å². The number of carbonyl (C=O) groups is 2. The highest BCUT2D eigenvalue weighted by atomic mass is 19.1. The Balaban J connectivity index is 1.96. The fraction of sp³-hybridized carbons (Fsp3) is 0.667. The Morgan fingerprint density at radius 3 is 2.30 bits per heavy atom. The molecule has 0 radical (unpaired) electrons. The van der Waals surface area contributed by atoms with Crippen molar-refractivity contribution >= 4 is 11.9 Å². The number of carbonyl (C=O) groups excluding carboxylic acids is 2. The predicted molar refractivity (Wildman–Crippen MR) is 141 cm³/mol. The Kier molecular flexibility index (Phi) is 13.9. The Morgan fingerprint density at radius 1 is 1.05 bits per heavy atom. The Morgan fingerprint density at radius 2 is 1.70 bits per heavy atom. The van der Waals surface area contributed by atoms with Crippen molar-refractivity contribution in [1.82, 2.24) is 0 Å². The molecule has 0 amide bonds. The number of rotatable bonds is 16. The van der Waals surface area contributed by atoms with Gasteiger partial charge < -0.3 is 19.7 Å². The fourth-order valence-electron chi connectivity index (χ4n) is 4.89. The normalized spacial score (nSPS) is 19.2. The predicted octanol–water partition coefficient (Wildman–Crippen LogP) is 5.49. The lowest BCUT2D eigenvalue weighted by atomic mass is 9.77. The van der Waals surface area contributed by atoms with Gasteiger partial charge in [0.25, 0.3) is 0 Å². The minimum atomic E-state index is -0.792. The second-order valence-electron chi connectivity index (χ2n) is 10.5. The first-order valence-corrected chi connectivity index (χ1v) is 13.8. The maximum atomic E-state index is 15.2. The summed E-state index contributed by atoms with van der Waals surface area (Å²) >= 11 is 0. The molecule has 2 rings (SSSR count). The molecule has 2 atom stereocenters. The first-order chi connectivity index (χ1) is 17.8.